The Hall–Kier alpha value is -0.510. The van der Waals surface area contributed by atoms with E-state index in [9.17, 15) is 0 Å². The molecule has 92 valence electrons. The highest BCUT2D eigenvalue weighted by Crippen LogP contribution is 2.24. The molecule has 0 radical (unpaired) electrons. The molecule has 2 aromatic rings. The fraction of sp³-hybridized carbons (Fsp3) is 0.467. The van der Waals surface area contributed by atoms with Crippen LogP contribution in [0.4, 0.5) is 0 Å². The molecule has 0 spiro atoms. The Bertz CT molecular complexity index is 487. The highest BCUT2D eigenvalue weighted by molar-refractivity contribution is 14.1. The molecule has 1 unspecified atom stereocenters. The minimum Gasteiger partial charge on any atom is -0.345 e. The Morgan fingerprint density at radius 3 is 2.82 bits per heavy atom. The van der Waals surface area contributed by atoms with E-state index in [4.69, 9.17) is 0 Å². The average molecular weight is 341 g/mol. The van der Waals surface area contributed by atoms with E-state index in [0.29, 0.717) is 6.04 Å². The van der Waals surface area contributed by atoms with Crippen LogP contribution in [0.2, 0.25) is 0 Å². The van der Waals surface area contributed by atoms with Gasteiger partial charge in [0, 0.05) is 26.7 Å². The number of unbranched alkanes of at least 4 members (excludes halogenated alkanes) is 2. The summed E-state index contributed by atoms with van der Waals surface area (Å²) in [5.41, 5.74) is 1.37. The van der Waals surface area contributed by atoms with Gasteiger partial charge < -0.3 is 4.57 Å². The second-order valence-electron chi connectivity index (χ2n) is 4.77. The van der Waals surface area contributed by atoms with Crippen LogP contribution in [-0.2, 0) is 0 Å². The maximum absolute atomic E-state index is 2.42. The Morgan fingerprint density at radius 1 is 1.24 bits per heavy atom. The van der Waals surface area contributed by atoms with E-state index in [0.717, 1.165) is 0 Å². The molecule has 0 amide bonds. The fourth-order valence-corrected chi connectivity index (χ4v) is 2.86. The average Bonchev–Trinajstić information content (AvgIpc) is 2.72. The second kappa shape index (κ2) is 5.89. The third-order valence-corrected chi connectivity index (χ3v) is 4.05. The van der Waals surface area contributed by atoms with Crippen LogP contribution in [0.5, 0.6) is 0 Å². The number of hydrogen-bond donors (Lipinski definition) is 0. The van der Waals surface area contributed by atoms with Crippen molar-refractivity contribution in [2.45, 2.75) is 45.6 Å². The Kier molecular flexibility index (Phi) is 4.48. The standard InChI is InChI=1S/C15H20IN/c1-3-4-5-6-12(2)17-10-9-13-11-14(16)7-8-15(13)17/h7-12H,3-6H2,1-2H3. The predicted octanol–water partition coefficient (Wildman–Crippen LogP) is 5.39. The van der Waals surface area contributed by atoms with Crippen LogP contribution in [0.3, 0.4) is 0 Å². The summed E-state index contributed by atoms with van der Waals surface area (Å²) in [5, 5.41) is 1.36. The summed E-state index contributed by atoms with van der Waals surface area (Å²) < 4.78 is 3.73. The molecule has 2 rings (SSSR count). The Labute approximate surface area is 117 Å². The molecule has 0 N–H and O–H groups in total. The van der Waals surface area contributed by atoms with Crippen molar-refractivity contribution in [1.82, 2.24) is 4.57 Å². The van der Waals surface area contributed by atoms with Crippen LogP contribution in [0.1, 0.15) is 45.6 Å². The van der Waals surface area contributed by atoms with E-state index in [2.05, 4.69) is 71.5 Å². The number of halogens is 1. The minimum absolute atomic E-state index is 0.610. The number of benzene rings is 1. The molecule has 1 heterocycles. The first-order valence-electron chi connectivity index (χ1n) is 6.48. The van der Waals surface area contributed by atoms with Gasteiger partial charge in [0.05, 0.1) is 0 Å². The number of hydrogen-bond acceptors (Lipinski definition) is 0. The molecule has 1 atom stereocenters. The van der Waals surface area contributed by atoms with Crippen molar-refractivity contribution in [3.05, 3.63) is 34.0 Å². The summed E-state index contributed by atoms with van der Waals surface area (Å²) in [6.45, 7) is 4.59. The summed E-state index contributed by atoms with van der Waals surface area (Å²) in [4.78, 5) is 0. The normalized spacial score (nSPS) is 13.1. The van der Waals surface area contributed by atoms with Crippen molar-refractivity contribution < 1.29 is 0 Å². The molecule has 0 saturated carbocycles. The smallest absolute Gasteiger partial charge is 0.0483 e. The second-order valence-corrected chi connectivity index (χ2v) is 6.02. The van der Waals surface area contributed by atoms with Gasteiger partial charge in [0.25, 0.3) is 0 Å². The zero-order valence-corrected chi connectivity index (χ0v) is 12.8. The molecule has 0 aliphatic carbocycles. The molecular weight excluding hydrogens is 321 g/mol. The zero-order chi connectivity index (χ0) is 12.3. The van der Waals surface area contributed by atoms with Crippen molar-refractivity contribution in [1.29, 1.82) is 0 Å². The topological polar surface area (TPSA) is 4.93 Å². The third kappa shape index (κ3) is 3.03. The molecule has 2 heteroatoms. The van der Waals surface area contributed by atoms with E-state index in [1.54, 1.807) is 0 Å². The highest BCUT2D eigenvalue weighted by Gasteiger charge is 2.07. The first kappa shape index (κ1) is 12.9. The van der Waals surface area contributed by atoms with E-state index in [-0.39, 0.29) is 0 Å². The molecular formula is C15H20IN. The summed E-state index contributed by atoms with van der Waals surface area (Å²) in [7, 11) is 0. The van der Waals surface area contributed by atoms with Gasteiger partial charge in [0.1, 0.15) is 0 Å². The molecule has 0 aliphatic rings. The number of nitrogens with zero attached hydrogens (tertiary/aromatic N) is 1. The highest BCUT2D eigenvalue weighted by atomic mass is 127. The van der Waals surface area contributed by atoms with Crippen LogP contribution >= 0.6 is 22.6 Å². The lowest BCUT2D eigenvalue weighted by atomic mass is 10.1. The maximum Gasteiger partial charge on any atom is 0.0483 e. The van der Waals surface area contributed by atoms with Crippen molar-refractivity contribution in [3.63, 3.8) is 0 Å². The number of aromatic nitrogens is 1. The van der Waals surface area contributed by atoms with Gasteiger partial charge in [0.15, 0.2) is 0 Å². The third-order valence-electron chi connectivity index (χ3n) is 3.38. The summed E-state index contributed by atoms with van der Waals surface area (Å²) >= 11 is 2.37. The lowest BCUT2D eigenvalue weighted by molar-refractivity contribution is 0.489. The van der Waals surface area contributed by atoms with E-state index >= 15 is 0 Å². The summed E-state index contributed by atoms with van der Waals surface area (Å²) in [6, 6.07) is 9.53. The van der Waals surface area contributed by atoms with Gasteiger partial charge in [-0.1, -0.05) is 26.2 Å². The fourth-order valence-electron chi connectivity index (χ4n) is 2.35. The Balaban J connectivity index is 2.17. The van der Waals surface area contributed by atoms with Crippen molar-refractivity contribution in [2.24, 2.45) is 0 Å². The number of rotatable bonds is 5. The lowest BCUT2D eigenvalue weighted by Crippen LogP contribution is -2.03. The maximum atomic E-state index is 2.42. The van der Waals surface area contributed by atoms with Gasteiger partial charge in [0.2, 0.25) is 0 Å². The SMILES string of the molecule is CCCCCC(C)n1ccc2cc(I)ccc21. The molecule has 1 aromatic heterocycles. The Morgan fingerprint density at radius 2 is 2.06 bits per heavy atom. The van der Waals surface area contributed by atoms with Crippen LogP contribution in [0, 0.1) is 3.57 Å². The van der Waals surface area contributed by atoms with Crippen molar-refractivity contribution in [2.75, 3.05) is 0 Å². The zero-order valence-electron chi connectivity index (χ0n) is 10.6. The van der Waals surface area contributed by atoms with Crippen LogP contribution in [0.25, 0.3) is 10.9 Å². The summed E-state index contributed by atoms with van der Waals surface area (Å²) in [6.07, 6.45) is 7.50. The van der Waals surface area contributed by atoms with E-state index in [1.165, 1.54) is 40.2 Å². The van der Waals surface area contributed by atoms with Crippen molar-refractivity contribution in [3.8, 4) is 0 Å². The largest absolute Gasteiger partial charge is 0.345 e. The molecule has 17 heavy (non-hydrogen) atoms. The molecule has 0 aliphatic heterocycles. The molecule has 0 fully saturated rings. The van der Waals surface area contributed by atoms with Gasteiger partial charge in [-0.25, -0.2) is 0 Å². The van der Waals surface area contributed by atoms with Crippen LogP contribution in [0.15, 0.2) is 30.5 Å². The van der Waals surface area contributed by atoms with Gasteiger partial charge >= 0.3 is 0 Å². The van der Waals surface area contributed by atoms with E-state index < -0.39 is 0 Å². The van der Waals surface area contributed by atoms with Gasteiger partial charge in [-0.2, -0.15) is 0 Å². The van der Waals surface area contributed by atoms with Gasteiger partial charge in [-0.3, -0.25) is 0 Å². The predicted molar refractivity (Wildman–Crippen MR) is 83.5 cm³/mol. The molecule has 0 saturated heterocycles. The van der Waals surface area contributed by atoms with Crippen LogP contribution in [-0.4, -0.2) is 4.57 Å². The lowest BCUT2D eigenvalue weighted by Gasteiger charge is -2.15. The first-order chi connectivity index (χ1) is 8.22. The molecule has 0 bridgehead atoms. The minimum atomic E-state index is 0.610. The first-order valence-corrected chi connectivity index (χ1v) is 7.56. The van der Waals surface area contributed by atoms with Gasteiger partial charge in [-0.05, 0) is 60.2 Å². The quantitative estimate of drug-likeness (QED) is 0.508. The summed E-state index contributed by atoms with van der Waals surface area (Å²) in [5.74, 6) is 0. The number of fused-ring (bicyclic) bond motifs is 1. The van der Waals surface area contributed by atoms with E-state index in [1.807, 2.05) is 0 Å². The van der Waals surface area contributed by atoms with Crippen LogP contribution < -0.4 is 0 Å². The molecule has 1 nitrogen and oxygen atoms in total. The monoisotopic (exact) mass is 341 g/mol. The molecule has 1 aromatic carbocycles. The van der Waals surface area contributed by atoms with Gasteiger partial charge in [-0.15, -0.1) is 0 Å². The van der Waals surface area contributed by atoms with Crippen molar-refractivity contribution >= 4 is 33.5 Å².